The van der Waals surface area contributed by atoms with E-state index in [2.05, 4.69) is 10.6 Å². The monoisotopic (exact) mass is 257 g/mol. The third kappa shape index (κ3) is 4.91. The van der Waals surface area contributed by atoms with Crippen molar-refractivity contribution in [3.63, 3.8) is 0 Å². The average molecular weight is 257 g/mol. The van der Waals surface area contributed by atoms with Crippen LogP contribution in [0.3, 0.4) is 0 Å². The Kier molecular flexibility index (Phi) is 5.91. The van der Waals surface area contributed by atoms with Crippen LogP contribution >= 0.6 is 0 Å². The number of hydrogen-bond acceptors (Lipinski definition) is 3. The molecule has 1 aliphatic rings. The Morgan fingerprint density at radius 2 is 1.83 bits per heavy atom. The number of urea groups is 1. The van der Waals surface area contributed by atoms with Crippen LogP contribution < -0.4 is 10.6 Å². The van der Waals surface area contributed by atoms with E-state index in [-0.39, 0.29) is 11.9 Å². The van der Waals surface area contributed by atoms with Crippen LogP contribution in [-0.2, 0) is 9.53 Å². The van der Waals surface area contributed by atoms with Crippen LogP contribution in [0.4, 0.5) is 4.79 Å². The predicted molar refractivity (Wildman–Crippen MR) is 68.2 cm³/mol. The molecule has 104 valence electrons. The van der Waals surface area contributed by atoms with Gasteiger partial charge in [0.1, 0.15) is 6.04 Å². The summed E-state index contributed by atoms with van der Waals surface area (Å²) in [5.74, 6) is 0.251. The number of carbonyl (C=O) groups excluding carboxylic acids is 2. The van der Waals surface area contributed by atoms with E-state index in [4.69, 9.17) is 4.74 Å². The molecule has 18 heavy (non-hydrogen) atoms. The SMILES string of the molecule is CC(C)CNC(=O)C(C)NC(=O)N1CCOCC1. The molecular formula is C12H23N3O3. The minimum absolute atomic E-state index is 0.148. The lowest BCUT2D eigenvalue weighted by molar-refractivity contribution is -0.122. The van der Waals surface area contributed by atoms with Gasteiger partial charge in [-0.1, -0.05) is 13.8 Å². The molecule has 1 atom stereocenters. The number of hydrogen-bond donors (Lipinski definition) is 2. The highest BCUT2D eigenvalue weighted by Gasteiger charge is 2.21. The summed E-state index contributed by atoms with van der Waals surface area (Å²) >= 11 is 0. The highest BCUT2D eigenvalue weighted by Crippen LogP contribution is 1.98. The predicted octanol–water partition coefficient (Wildman–Crippen LogP) is 0.189. The number of carbonyl (C=O) groups is 2. The van der Waals surface area contributed by atoms with Crippen molar-refractivity contribution >= 4 is 11.9 Å². The fourth-order valence-electron chi connectivity index (χ4n) is 1.57. The van der Waals surface area contributed by atoms with Gasteiger partial charge >= 0.3 is 6.03 Å². The Bertz CT molecular complexity index is 288. The molecule has 3 amide bonds. The molecule has 1 rings (SSSR count). The molecule has 0 spiro atoms. The van der Waals surface area contributed by atoms with E-state index < -0.39 is 6.04 Å². The highest BCUT2D eigenvalue weighted by atomic mass is 16.5. The number of morpholine rings is 1. The second-order valence-corrected chi connectivity index (χ2v) is 4.91. The van der Waals surface area contributed by atoms with Gasteiger partial charge < -0.3 is 20.3 Å². The molecule has 0 aromatic heterocycles. The molecular weight excluding hydrogens is 234 g/mol. The second-order valence-electron chi connectivity index (χ2n) is 4.91. The van der Waals surface area contributed by atoms with Crippen molar-refractivity contribution in [2.24, 2.45) is 5.92 Å². The van der Waals surface area contributed by atoms with Crippen LogP contribution in [0.25, 0.3) is 0 Å². The summed E-state index contributed by atoms with van der Waals surface area (Å²) in [6, 6.07) is -0.718. The Balaban J connectivity index is 2.31. The van der Waals surface area contributed by atoms with Crippen molar-refractivity contribution in [3.05, 3.63) is 0 Å². The number of nitrogens with one attached hydrogen (secondary N) is 2. The maximum absolute atomic E-state index is 11.8. The molecule has 1 saturated heterocycles. The molecule has 2 N–H and O–H groups in total. The van der Waals surface area contributed by atoms with Crippen LogP contribution in [0, 0.1) is 5.92 Å². The zero-order valence-corrected chi connectivity index (χ0v) is 11.4. The van der Waals surface area contributed by atoms with Gasteiger partial charge in [0.15, 0.2) is 0 Å². The second kappa shape index (κ2) is 7.20. The van der Waals surface area contributed by atoms with Gasteiger partial charge in [0.05, 0.1) is 13.2 Å². The van der Waals surface area contributed by atoms with Crippen molar-refractivity contribution in [2.75, 3.05) is 32.8 Å². The Labute approximate surface area is 108 Å². The molecule has 0 aromatic carbocycles. The van der Waals surface area contributed by atoms with Crippen LogP contribution in [-0.4, -0.2) is 55.7 Å². The smallest absolute Gasteiger partial charge is 0.318 e. The molecule has 1 unspecified atom stereocenters. The van der Waals surface area contributed by atoms with Crippen molar-refractivity contribution < 1.29 is 14.3 Å². The lowest BCUT2D eigenvalue weighted by Gasteiger charge is -2.28. The minimum atomic E-state index is -0.515. The summed E-state index contributed by atoms with van der Waals surface area (Å²) < 4.78 is 5.17. The summed E-state index contributed by atoms with van der Waals surface area (Å²) in [4.78, 5) is 25.2. The third-order valence-electron chi connectivity index (χ3n) is 2.72. The van der Waals surface area contributed by atoms with E-state index in [1.165, 1.54) is 0 Å². The van der Waals surface area contributed by atoms with Crippen molar-refractivity contribution in [3.8, 4) is 0 Å². The molecule has 1 heterocycles. The zero-order chi connectivity index (χ0) is 13.5. The summed E-state index contributed by atoms with van der Waals surface area (Å²) in [6.45, 7) is 8.63. The summed E-state index contributed by atoms with van der Waals surface area (Å²) in [7, 11) is 0. The van der Waals surface area contributed by atoms with Crippen LogP contribution in [0.15, 0.2) is 0 Å². The summed E-state index contributed by atoms with van der Waals surface area (Å²) in [5.41, 5.74) is 0. The van der Waals surface area contributed by atoms with Crippen LogP contribution in [0.2, 0.25) is 0 Å². The van der Waals surface area contributed by atoms with Gasteiger partial charge in [0, 0.05) is 19.6 Å². The van der Waals surface area contributed by atoms with Gasteiger partial charge in [-0.2, -0.15) is 0 Å². The number of ether oxygens (including phenoxy) is 1. The summed E-state index contributed by atoms with van der Waals surface area (Å²) in [6.07, 6.45) is 0. The largest absolute Gasteiger partial charge is 0.378 e. The topological polar surface area (TPSA) is 70.7 Å². The lowest BCUT2D eigenvalue weighted by atomic mass is 10.2. The third-order valence-corrected chi connectivity index (χ3v) is 2.72. The van der Waals surface area contributed by atoms with Crippen LogP contribution in [0.1, 0.15) is 20.8 Å². The molecule has 0 aromatic rings. The molecule has 1 aliphatic heterocycles. The molecule has 0 saturated carbocycles. The van der Waals surface area contributed by atoms with E-state index in [1.807, 2.05) is 13.8 Å². The summed E-state index contributed by atoms with van der Waals surface area (Å²) in [5, 5.41) is 5.49. The van der Waals surface area contributed by atoms with E-state index in [9.17, 15) is 9.59 Å². The van der Waals surface area contributed by atoms with Crippen LogP contribution in [0.5, 0.6) is 0 Å². The van der Waals surface area contributed by atoms with Gasteiger partial charge in [-0.05, 0) is 12.8 Å². The molecule has 0 aliphatic carbocycles. The zero-order valence-electron chi connectivity index (χ0n) is 11.4. The van der Waals surface area contributed by atoms with E-state index >= 15 is 0 Å². The van der Waals surface area contributed by atoms with Gasteiger partial charge in [-0.15, -0.1) is 0 Å². The quantitative estimate of drug-likeness (QED) is 0.755. The number of rotatable bonds is 4. The van der Waals surface area contributed by atoms with Crippen molar-refractivity contribution in [1.82, 2.24) is 15.5 Å². The Morgan fingerprint density at radius 3 is 2.39 bits per heavy atom. The lowest BCUT2D eigenvalue weighted by Crippen LogP contribution is -2.52. The van der Waals surface area contributed by atoms with Gasteiger partial charge in [0.2, 0.25) is 5.91 Å². The fraction of sp³-hybridized carbons (Fsp3) is 0.833. The molecule has 6 nitrogen and oxygen atoms in total. The maximum Gasteiger partial charge on any atom is 0.318 e. The Morgan fingerprint density at radius 1 is 1.22 bits per heavy atom. The highest BCUT2D eigenvalue weighted by molar-refractivity contribution is 5.86. The first-order valence-electron chi connectivity index (χ1n) is 6.41. The number of amides is 3. The molecule has 0 radical (unpaired) electrons. The maximum atomic E-state index is 11.8. The molecule has 6 heteroatoms. The first-order valence-corrected chi connectivity index (χ1v) is 6.41. The fourth-order valence-corrected chi connectivity index (χ4v) is 1.57. The Hall–Kier alpha value is -1.30. The van der Waals surface area contributed by atoms with E-state index in [0.717, 1.165) is 0 Å². The first kappa shape index (κ1) is 14.8. The molecule has 1 fully saturated rings. The molecule has 0 bridgehead atoms. The van der Waals surface area contributed by atoms with Crippen molar-refractivity contribution in [2.45, 2.75) is 26.8 Å². The minimum Gasteiger partial charge on any atom is -0.378 e. The van der Waals surface area contributed by atoms with E-state index in [0.29, 0.717) is 38.8 Å². The normalized spacial score (nSPS) is 17.4. The van der Waals surface area contributed by atoms with E-state index in [1.54, 1.807) is 11.8 Å². The van der Waals surface area contributed by atoms with Gasteiger partial charge in [0.25, 0.3) is 0 Å². The van der Waals surface area contributed by atoms with Crippen molar-refractivity contribution in [1.29, 1.82) is 0 Å². The standard InChI is InChI=1S/C12H23N3O3/c1-9(2)8-13-11(16)10(3)14-12(17)15-4-6-18-7-5-15/h9-10H,4-8H2,1-3H3,(H,13,16)(H,14,17). The van der Waals surface area contributed by atoms with Gasteiger partial charge in [-0.3, -0.25) is 4.79 Å². The first-order chi connectivity index (χ1) is 8.50. The number of nitrogens with zero attached hydrogens (tertiary/aromatic N) is 1. The average Bonchev–Trinajstić information content (AvgIpc) is 2.36. The van der Waals surface area contributed by atoms with Gasteiger partial charge in [-0.25, -0.2) is 4.79 Å².